The van der Waals surface area contributed by atoms with E-state index in [1.54, 1.807) is 31.2 Å². The van der Waals surface area contributed by atoms with Gasteiger partial charge in [-0.1, -0.05) is 12.1 Å². The zero-order chi connectivity index (χ0) is 15.9. The topological polar surface area (TPSA) is 90.7 Å². The van der Waals surface area contributed by atoms with Gasteiger partial charge in [-0.15, -0.1) is 0 Å². The number of esters is 2. The number of rotatable bonds is 6. The second-order valence-corrected chi connectivity index (χ2v) is 4.28. The molecule has 0 saturated heterocycles. The molecular formula is C15H16N2O5. The Kier molecular flexibility index (Phi) is 5.13. The van der Waals surface area contributed by atoms with Crippen LogP contribution in [0.1, 0.15) is 23.0 Å². The summed E-state index contributed by atoms with van der Waals surface area (Å²) in [6.45, 7) is 2.04. The molecule has 0 aliphatic rings. The van der Waals surface area contributed by atoms with E-state index in [1.807, 2.05) is 0 Å². The average Bonchev–Trinajstić information content (AvgIpc) is 2.94. The Morgan fingerprint density at radius 2 is 2.09 bits per heavy atom. The van der Waals surface area contributed by atoms with Gasteiger partial charge in [0.1, 0.15) is 12.2 Å². The fourth-order valence-corrected chi connectivity index (χ4v) is 1.80. The highest BCUT2D eigenvalue weighted by atomic mass is 16.5. The number of anilines is 2. The molecule has 1 N–H and O–H groups in total. The molecule has 0 radical (unpaired) electrons. The summed E-state index contributed by atoms with van der Waals surface area (Å²) < 4.78 is 14.9. The first kappa shape index (κ1) is 15.6. The molecule has 0 unspecified atom stereocenters. The number of hydrogen-bond donors (Lipinski definition) is 1. The van der Waals surface area contributed by atoms with Crippen LogP contribution in [0.3, 0.4) is 0 Å². The van der Waals surface area contributed by atoms with Crippen LogP contribution in [0, 0.1) is 0 Å². The van der Waals surface area contributed by atoms with Crippen molar-refractivity contribution in [2.75, 3.05) is 19.0 Å². The zero-order valence-corrected chi connectivity index (χ0v) is 12.3. The average molecular weight is 304 g/mol. The molecule has 1 aromatic heterocycles. The number of nitrogens with zero attached hydrogens (tertiary/aromatic N) is 1. The Bertz CT molecular complexity index is 665. The molecule has 116 valence electrons. The maximum absolute atomic E-state index is 11.7. The molecule has 0 bridgehead atoms. The predicted octanol–water partition coefficient (Wildman–Crippen LogP) is 2.31. The summed E-state index contributed by atoms with van der Waals surface area (Å²) in [6.07, 6.45) is 1.43. The van der Waals surface area contributed by atoms with Crippen molar-refractivity contribution >= 4 is 23.6 Å². The lowest BCUT2D eigenvalue weighted by Crippen LogP contribution is -2.06. The SMILES string of the molecule is CCOC(=O)Cc1cnc(Nc2ccccc2C(=O)OC)o1. The third kappa shape index (κ3) is 3.85. The van der Waals surface area contributed by atoms with Gasteiger partial charge in [-0.2, -0.15) is 0 Å². The molecule has 0 aliphatic heterocycles. The van der Waals surface area contributed by atoms with Crippen LogP contribution in [0.4, 0.5) is 11.7 Å². The quantitative estimate of drug-likeness (QED) is 0.819. The summed E-state index contributed by atoms with van der Waals surface area (Å²) in [6, 6.07) is 6.98. The minimum absolute atomic E-state index is 0.00116. The molecule has 0 aliphatic carbocycles. The zero-order valence-electron chi connectivity index (χ0n) is 12.3. The van der Waals surface area contributed by atoms with Crippen LogP contribution in [0.2, 0.25) is 0 Å². The number of hydrogen-bond acceptors (Lipinski definition) is 7. The molecule has 0 spiro atoms. The van der Waals surface area contributed by atoms with E-state index in [2.05, 4.69) is 10.3 Å². The van der Waals surface area contributed by atoms with Gasteiger partial charge >= 0.3 is 11.9 Å². The lowest BCUT2D eigenvalue weighted by Gasteiger charge is -2.07. The van der Waals surface area contributed by atoms with Gasteiger partial charge in [0.05, 0.1) is 31.2 Å². The highest BCUT2D eigenvalue weighted by molar-refractivity contribution is 5.96. The highest BCUT2D eigenvalue weighted by Crippen LogP contribution is 2.21. The number of para-hydroxylation sites is 1. The van der Waals surface area contributed by atoms with E-state index >= 15 is 0 Å². The number of benzene rings is 1. The Labute approximate surface area is 127 Å². The van der Waals surface area contributed by atoms with E-state index in [0.29, 0.717) is 23.6 Å². The van der Waals surface area contributed by atoms with Crippen molar-refractivity contribution in [1.29, 1.82) is 0 Å². The van der Waals surface area contributed by atoms with Crippen molar-refractivity contribution in [2.45, 2.75) is 13.3 Å². The van der Waals surface area contributed by atoms with Crippen LogP contribution in [0.5, 0.6) is 0 Å². The first-order valence-corrected chi connectivity index (χ1v) is 6.68. The van der Waals surface area contributed by atoms with Gasteiger partial charge in [-0.25, -0.2) is 9.78 Å². The number of ether oxygens (including phenoxy) is 2. The normalized spacial score (nSPS) is 10.1. The number of nitrogens with one attached hydrogen (secondary N) is 1. The molecule has 0 fully saturated rings. The van der Waals surface area contributed by atoms with Crippen molar-refractivity contribution in [3.63, 3.8) is 0 Å². The van der Waals surface area contributed by atoms with Crippen molar-refractivity contribution in [3.8, 4) is 0 Å². The summed E-state index contributed by atoms with van der Waals surface area (Å²) >= 11 is 0. The number of carbonyl (C=O) groups is 2. The fourth-order valence-electron chi connectivity index (χ4n) is 1.80. The van der Waals surface area contributed by atoms with E-state index in [0.717, 1.165) is 0 Å². The van der Waals surface area contributed by atoms with Gasteiger partial charge in [0, 0.05) is 0 Å². The second kappa shape index (κ2) is 7.26. The first-order chi connectivity index (χ1) is 10.6. The maximum Gasteiger partial charge on any atom is 0.339 e. The van der Waals surface area contributed by atoms with E-state index in [9.17, 15) is 9.59 Å². The summed E-state index contributed by atoms with van der Waals surface area (Å²) in [7, 11) is 1.31. The van der Waals surface area contributed by atoms with Gasteiger partial charge in [0.25, 0.3) is 6.01 Å². The molecule has 0 saturated carbocycles. The van der Waals surface area contributed by atoms with Crippen LogP contribution in [-0.2, 0) is 20.7 Å². The van der Waals surface area contributed by atoms with E-state index in [-0.39, 0.29) is 18.4 Å². The van der Waals surface area contributed by atoms with Crippen molar-refractivity contribution in [2.24, 2.45) is 0 Å². The maximum atomic E-state index is 11.7. The van der Waals surface area contributed by atoms with Gasteiger partial charge < -0.3 is 19.2 Å². The number of methoxy groups -OCH3 is 1. The van der Waals surface area contributed by atoms with Crippen molar-refractivity contribution < 1.29 is 23.5 Å². The monoisotopic (exact) mass is 304 g/mol. The summed E-state index contributed by atoms with van der Waals surface area (Å²) in [5.74, 6) is -0.488. The van der Waals surface area contributed by atoms with Gasteiger partial charge in [-0.05, 0) is 19.1 Å². The summed E-state index contributed by atoms with van der Waals surface area (Å²) in [5, 5.41) is 2.88. The molecular weight excluding hydrogens is 288 g/mol. The second-order valence-electron chi connectivity index (χ2n) is 4.28. The molecule has 2 rings (SSSR count). The van der Waals surface area contributed by atoms with Crippen LogP contribution >= 0.6 is 0 Å². The number of oxazole rings is 1. The Hall–Kier alpha value is -2.83. The molecule has 7 nitrogen and oxygen atoms in total. The summed E-state index contributed by atoms with van der Waals surface area (Å²) in [5.41, 5.74) is 0.856. The van der Waals surface area contributed by atoms with Crippen molar-refractivity contribution in [3.05, 3.63) is 41.8 Å². The first-order valence-electron chi connectivity index (χ1n) is 6.68. The molecule has 1 aromatic carbocycles. The standard InChI is InChI=1S/C15H16N2O5/c1-3-21-13(18)8-10-9-16-15(22-10)17-12-7-5-4-6-11(12)14(19)20-2/h4-7,9H,3,8H2,1-2H3,(H,16,17). The Morgan fingerprint density at radius 3 is 2.82 bits per heavy atom. The highest BCUT2D eigenvalue weighted by Gasteiger charge is 2.14. The molecule has 0 atom stereocenters. The Morgan fingerprint density at radius 1 is 1.32 bits per heavy atom. The number of carbonyl (C=O) groups excluding carboxylic acids is 2. The molecule has 2 aromatic rings. The molecule has 0 amide bonds. The number of aromatic nitrogens is 1. The lowest BCUT2D eigenvalue weighted by molar-refractivity contribution is -0.142. The van der Waals surface area contributed by atoms with E-state index < -0.39 is 5.97 Å². The molecule has 1 heterocycles. The summed E-state index contributed by atoms with van der Waals surface area (Å²) in [4.78, 5) is 27.1. The lowest BCUT2D eigenvalue weighted by atomic mass is 10.2. The van der Waals surface area contributed by atoms with Gasteiger partial charge in [0.15, 0.2) is 0 Å². The smallest absolute Gasteiger partial charge is 0.339 e. The van der Waals surface area contributed by atoms with Gasteiger partial charge in [-0.3, -0.25) is 4.79 Å². The largest absolute Gasteiger partial charge is 0.466 e. The van der Waals surface area contributed by atoms with Crippen LogP contribution in [0.15, 0.2) is 34.9 Å². The third-order valence-corrected chi connectivity index (χ3v) is 2.75. The van der Waals surface area contributed by atoms with Crippen LogP contribution < -0.4 is 5.32 Å². The van der Waals surface area contributed by atoms with Crippen molar-refractivity contribution in [1.82, 2.24) is 4.98 Å². The predicted molar refractivity (Wildman–Crippen MR) is 77.9 cm³/mol. The Balaban J connectivity index is 2.10. The van der Waals surface area contributed by atoms with Gasteiger partial charge in [0.2, 0.25) is 0 Å². The van der Waals surface area contributed by atoms with Crippen LogP contribution in [-0.4, -0.2) is 30.6 Å². The van der Waals surface area contributed by atoms with Crippen LogP contribution in [0.25, 0.3) is 0 Å². The third-order valence-electron chi connectivity index (χ3n) is 2.75. The fraction of sp³-hybridized carbons (Fsp3) is 0.267. The van der Waals surface area contributed by atoms with E-state index in [4.69, 9.17) is 13.9 Å². The minimum atomic E-state index is -0.471. The minimum Gasteiger partial charge on any atom is -0.466 e. The molecule has 7 heteroatoms. The molecule has 22 heavy (non-hydrogen) atoms. The van der Waals surface area contributed by atoms with E-state index in [1.165, 1.54) is 13.3 Å².